The number of benzene rings is 1. The second-order valence-electron chi connectivity index (χ2n) is 4.58. The molecule has 19 heavy (non-hydrogen) atoms. The van der Waals surface area contributed by atoms with Crippen LogP contribution in [0.25, 0.3) is 0 Å². The van der Waals surface area contributed by atoms with E-state index in [4.69, 9.17) is 5.73 Å². The van der Waals surface area contributed by atoms with Gasteiger partial charge in [0.05, 0.1) is 6.54 Å². The van der Waals surface area contributed by atoms with Crippen molar-refractivity contribution in [1.29, 1.82) is 0 Å². The first-order chi connectivity index (χ1) is 9.10. The molecule has 0 saturated carbocycles. The van der Waals surface area contributed by atoms with Crippen molar-refractivity contribution < 1.29 is 4.39 Å². The molecule has 1 atom stereocenters. The van der Waals surface area contributed by atoms with Gasteiger partial charge in [0, 0.05) is 34.9 Å². The first-order valence-electron chi connectivity index (χ1n) is 6.29. The molecule has 102 valence electrons. The molecule has 0 saturated heterocycles. The van der Waals surface area contributed by atoms with Gasteiger partial charge in [-0.25, -0.2) is 9.37 Å². The van der Waals surface area contributed by atoms with Crippen LogP contribution >= 0.6 is 15.9 Å². The first-order valence-corrected chi connectivity index (χ1v) is 7.09. The number of imidazole rings is 1. The number of rotatable bonds is 5. The molecule has 0 aliphatic heterocycles. The Hall–Kier alpha value is -1.20. The quantitative estimate of drug-likeness (QED) is 0.917. The van der Waals surface area contributed by atoms with E-state index in [1.165, 1.54) is 6.07 Å². The molecule has 1 unspecified atom stereocenters. The SMILES string of the molecule is CCC(N)Cc1nccn1Cc1cc(Br)ccc1F. The van der Waals surface area contributed by atoms with Crippen molar-refractivity contribution in [2.45, 2.75) is 32.4 Å². The molecule has 1 aromatic heterocycles. The topological polar surface area (TPSA) is 43.8 Å². The zero-order valence-corrected chi connectivity index (χ0v) is 12.4. The zero-order valence-electron chi connectivity index (χ0n) is 10.8. The maximum atomic E-state index is 13.7. The van der Waals surface area contributed by atoms with Crippen LogP contribution in [0.4, 0.5) is 4.39 Å². The number of hydrogen-bond donors (Lipinski definition) is 1. The van der Waals surface area contributed by atoms with Crippen LogP contribution in [0.1, 0.15) is 24.7 Å². The van der Waals surface area contributed by atoms with Gasteiger partial charge in [-0.1, -0.05) is 22.9 Å². The zero-order chi connectivity index (χ0) is 13.8. The summed E-state index contributed by atoms with van der Waals surface area (Å²) in [4.78, 5) is 4.30. The molecule has 5 heteroatoms. The lowest BCUT2D eigenvalue weighted by Gasteiger charge is -2.12. The van der Waals surface area contributed by atoms with E-state index in [1.54, 1.807) is 18.3 Å². The van der Waals surface area contributed by atoms with E-state index in [9.17, 15) is 4.39 Å². The Morgan fingerprint density at radius 2 is 2.26 bits per heavy atom. The summed E-state index contributed by atoms with van der Waals surface area (Å²) in [5.41, 5.74) is 6.58. The number of nitrogens with two attached hydrogens (primary N) is 1. The van der Waals surface area contributed by atoms with Gasteiger partial charge >= 0.3 is 0 Å². The second kappa shape index (κ2) is 6.30. The van der Waals surface area contributed by atoms with Crippen LogP contribution in [0.15, 0.2) is 35.1 Å². The molecule has 3 nitrogen and oxygen atoms in total. The highest BCUT2D eigenvalue weighted by molar-refractivity contribution is 9.10. The van der Waals surface area contributed by atoms with Crippen LogP contribution < -0.4 is 5.73 Å². The van der Waals surface area contributed by atoms with Gasteiger partial charge in [-0.05, 0) is 24.6 Å². The van der Waals surface area contributed by atoms with E-state index in [0.717, 1.165) is 16.7 Å². The fourth-order valence-corrected chi connectivity index (χ4v) is 2.31. The summed E-state index contributed by atoms with van der Waals surface area (Å²) >= 11 is 3.36. The molecule has 0 spiro atoms. The minimum Gasteiger partial charge on any atom is -0.330 e. The third-order valence-electron chi connectivity index (χ3n) is 3.12. The molecule has 0 fully saturated rings. The van der Waals surface area contributed by atoms with Gasteiger partial charge in [-0.3, -0.25) is 0 Å². The van der Waals surface area contributed by atoms with Crippen molar-refractivity contribution in [2.24, 2.45) is 5.73 Å². The smallest absolute Gasteiger partial charge is 0.128 e. The predicted octanol–water partition coefficient (Wildman–Crippen LogP) is 3.11. The second-order valence-corrected chi connectivity index (χ2v) is 5.50. The van der Waals surface area contributed by atoms with Crippen molar-refractivity contribution in [3.63, 3.8) is 0 Å². The fraction of sp³-hybridized carbons (Fsp3) is 0.357. The summed E-state index contributed by atoms with van der Waals surface area (Å²) in [5, 5.41) is 0. The van der Waals surface area contributed by atoms with Crippen LogP contribution in [-0.2, 0) is 13.0 Å². The van der Waals surface area contributed by atoms with Crippen LogP contribution in [-0.4, -0.2) is 15.6 Å². The normalized spacial score (nSPS) is 12.6. The van der Waals surface area contributed by atoms with Crippen molar-refractivity contribution >= 4 is 15.9 Å². The van der Waals surface area contributed by atoms with Gasteiger partial charge in [-0.2, -0.15) is 0 Å². The fourth-order valence-electron chi connectivity index (χ4n) is 1.90. The summed E-state index contributed by atoms with van der Waals surface area (Å²) in [5.74, 6) is 0.691. The summed E-state index contributed by atoms with van der Waals surface area (Å²) in [6.45, 7) is 2.52. The largest absolute Gasteiger partial charge is 0.330 e. The summed E-state index contributed by atoms with van der Waals surface area (Å²) in [7, 11) is 0. The molecule has 0 amide bonds. The van der Waals surface area contributed by atoms with Crippen LogP contribution in [0, 0.1) is 5.82 Å². The molecular weight excluding hydrogens is 309 g/mol. The minimum absolute atomic E-state index is 0.0912. The Morgan fingerprint density at radius 3 is 3.00 bits per heavy atom. The lowest BCUT2D eigenvalue weighted by atomic mass is 10.1. The Balaban J connectivity index is 2.19. The maximum Gasteiger partial charge on any atom is 0.128 e. The molecule has 1 heterocycles. The molecular formula is C14H17BrFN3. The first kappa shape index (κ1) is 14.2. The molecule has 0 aliphatic carbocycles. The van der Waals surface area contributed by atoms with Gasteiger partial charge in [0.15, 0.2) is 0 Å². The van der Waals surface area contributed by atoms with E-state index in [1.807, 2.05) is 17.7 Å². The number of halogens is 2. The van der Waals surface area contributed by atoms with Crippen molar-refractivity contribution in [2.75, 3.05) is 0 Å². The number of nitrogens with zero attached hydrogens (tertiary/aromatic N) is 2. The molecule has 2 rings (SSSR count). The monoisotopic (exact) mass is 325 g/mol. The highest BCUT2D eigenvalue weighted by Crippen LogP contribution is 2.17. The predicted molar refractivity (Wildman–Crippen MR) is 77.4 cm³/mol. The number of aromatic nitrogens is 2. The lowest BCUT2D eigenvalue weighted by Crippen LogP contribution is -2.23. The molecule has 2 N–H and O–H groups in total. The average molecular weight is 326 g/mol. The van der Waals surface area contributed by atoms with Crippen molar-refractivity contribution in [3.05, 3.63) is 52.3 Å². The van der Waals surface area contributed by atoms with Crippen LogP contribution in [0.5, 0.6) is 0 Å². The Morgan fingerprint density at radius 1 is 1.47 bits per heavy atom. The van der Waals surface area contributed by atoms with E-state index in [0.29, 0.717) is 18.5 Å². The molecule has 2 aromatic rings. The Bertz CT molecular complexity index is 553. The molecule has 0 aliphatic rings. The lowest BCUT2D eigenvalue weighted by molar-refractivity contribution is 0.575. The maximum absolute atomic E-state index is 13.7. The molecule has 1 aromatic carbocycles. The van der Waals surface area contributed by atoms with Gasteiger partial charge in [0.2, 0.25) is 0 Å². The summed E-state index contributed by atoms with van der Waals surface area (Å²) in [6.07, 6.45) is 5.20. The van der Waals surface area contributed by atoms with Crippen LogP contribution in [0.2, 0.25) is 0 Å². The van der Waals surface area contributed by atoms with Crippen molar-refractivity contribution in [3.8, 4) is 0 Å². The Kier molecular flexibility index (Phi) is 4.71. The highest BCUT2D eigenvalue weighted by atomic mass is 79.9. The third-order valence-corrected chi connectivity index (χ3v) is 3.61. The average Bonchev–Trinajstić information content (AvgIpc) is 2.81. The van der Waals surface area contributed by atoms with E-state index in [-0.39, 0.29) is 11.9 Å². The molecule has 0 bridgehead atoms. The van der Waals surface area contributed by atoms with Gasteiger partial charge < -0.3 is 10.3 Å². The molecule has 0 radical (unpaired) electrons. The van der Waals surface area contributed by atoms with Crippen LogP contribution in [0.3, 0.4) is 0 Å². The van der Waals surface area contributed by atoms with Gasteiger partial charge in [0.1, 0.15) is 11.6 Å². The summed E-state index contributed by atoms with van der Waals surface area (Å²) in [6, 6.07) is 5.04. The Labute approximate surface area is 120 Å². The van der Waals surface area contributed by atoms with E-state index < -0.39 is 0 Å². The van der Waals surface area contributed by atoms with Crippen molar-refractivity contribution in [1.82, 2.24) is 9.55 Å². The standard InChI is InChI=1S/C14H17BrFN3/c1-2-12(17)8-14-18-5-6-19(14)9-10-7-11(15)3-4-13(10)16/h3-7,12H,2,8-9,17H2,1H3. The third kappa shape index (κ3) is 3.64. The minimum atomic E-state index is -0.206. The van der Waals surface area contributed by atoms with E-state index >= 15 is 0 Å². The summed E-state index contributed by atoms with van der Waals surface area (Å²) < 4.78 is 16.6. The van der Waals surface area contributed by atoms with Gasteiger partial charge in [-0.15, -0.1) is 0 Å². The number of hydrogen-bond acceptors (Lipinski definition) is 2. The van der Waals surface area contributed by atoms with E-state index in [2.05, 4.69) is 20.9 Å². The van der Waals surface area contributed by atoms with Gasteiger partial charge in [0.25, 0.3) is 0 Å². The highest BCUT2D eigenvalue weighted by Gasteiger charge is 2.10.